The van der Waals surface area contributed by atoms with Crippen LogP contribution in [0.15, 0.2) is 53.4 Å². The normalized spacial score (nSPS) is 14.4. The molecule has 0 unspecified atom stereocenters. The number of nitrogens with zero attached hydrogens (tertiary/aromatic N) is 1. The quantitative estimate of drug-likeness (QED) is 0.811. The monoisotopic (exact) mass is 298 g/mol. The zero-order chi connectivity index (χ0) is 14.5. The summed E-state index contributed by atoms with van der Waals surface area (Å²) in [6.07, 6.45) is 4.76. The first kappa shape index (κ1) is 14.3. The summed E-state index contributed by atoms with van der Waals surface area (Å²) in [7, 11) is 0. The van der Waals surface area contributed by atoms with E-state index < -0.39 is 0 Å². The molecule has 0 atom stereocenters. The van der Waals surface area contributed by atoms with Crippen molar-refractivity contribution in [2.45, 2.75) is 24.3 Å². The Balaban J connectivity index is 1.57. The van der Waals surface area contributed by atoms with Gasteiger partial charge in [0.2, 0.25) is 0 Å². The van der Waals surface area contributed by atoms with Gasteiger partial charge in [-0.05, 0) is 61.1 Å². The molecule has 2 aromatic rings. The summed E-state index contributed by atoms with van der Waals surface area (Å²) in [5.74, 6) is 0. The van der Waals surface area contributed by atoms with E-state index in [1.54, 1.807) is 11.8 Å². The summed E-state index contributed by atoms with van der Waals surface area (Å²) < 4.78 is 0. The Morgan fingerprint density at radius 1 is 0.952 bits per heavy atom. The molecule has 0 radical (unpaired) electrons. The lowest BCUT2D eigenvalue weighted by Crippen LogP contribution is -2.17. The van der Waals surface area contributed by atoms with E-state index >= 15 is 0 Å². The van der Waals surface area contributed by atoms with Crippen molar-refractivity contribution in [3.8, 4) is 0 Å². The Hall–Kier alpha value is -1.61. The second-order valence-corrected chi connectivity index (χ2v) is 6.32. The zero-order valence-electron chi connectivity index (χ0n) is 12.5. The van der Waals surface area contributed by atoms with Gasteiger partial charge in [-0.1, -0.05) is 12.1 Å². The molecule has 0 aliphatic carbocycles. The fraction of sp³-hybridized carbons (Fsp3) is 0.333. The van der Waals surface area contributed by atoms with Gasteiger partial charge in [0.1, 0.15) is 0 Å². The predicted molar refractivity (Wildman–Crippen MR) is 93.4 cm³/mol. The minimum atomic E-state index is 0.874. The molecule has 0 aromatic heterocycles. The molecule has 1 saturated heterocycles. The minimum absolute atomic E-state index is 0.874. The molecular weight excluding hydrogens is 276 g/mol. The molecule has 0 bridgehead atoms. The summed E-state index contributed by atoms with van der Waals surface area (Å²) in [6.45, 7) is 3.29. The first-order valence-corrected chi connectivity index (χ1v) is 8.79. The van der Waals surface area contributed by atoms with Gasteiger partial charge < -0.3 is 10.2 Å². The highest BCUT2D eigenvalue weighted by atomic mass is 32.2. The molecule has 3 rings (SSSR count). The molecule has 1 N–H and O–H groups in total. The lowest BCUT2D eigenvalue weighted by atomic mass is 10.2. The van der Waals surface area contributed by atoms with Crippen molar-refractivity contribution < 1.29 is 0 Å². The molecule has 2 nitrogen and oxygen atoms in total. The third-order valence-corrected chi connectivity index (χ3v) is 4.74. The highest BCUT2D eigenvalue weighted by Gasteiger charge is 2.11. The van der Waals surface area contributed by atoms with Gasteiger partial charge in [0.25, 0.3) is 0 Å². The first-order chi connectivity index (χ1) is 10.3. The number of rotatable bonds is 5. The van der Waals surface area contributed by atoms with E-state index in [4.69, 9.17) is 0 Å². The van der Waals surface area contributed by atoms with Crippen molar-refractivity contribution in [2.75, 3.05) is 29.6 Å². The van der Waals surface area contributed by atoms with Crippen LogP contribution in [0.4, 0.5) is 11.4 Å². The molecule has 1 aliphatic heterocycles. The van der Waals surface area contributed by atoms with E-state index in [-0.39, 0.29) is 0 Å². The van der Waals surface area contributed by atoms with E-state index in [0.29, 0.717) is 0 Å². The maximum Gasteiger partial charge on any atom is 0.0400 e. The van der Waals surface area contributed by atoms with Crippen molar-refractivity contribution in [3.63, 3.8) is 0 Å². The third kappa shape index (κ3) is 3.73. The van der Waals surface area contributed by atoms with Gasteiger partial charge in [-0.15, -0.1) is 11.8 Å². The Bertz CT molecular complexity index is 557. The largest absolute Gasteiger partial charge is 0.381 e. The molecular formula is C18H22N2S. The van der Waals surface area contributed by atoms with Gasteiger partial charge in [0.05, 0.1) is 0 Å². The number of hydrogen-bond donors (Lipinski definition) is 1. The second-order valence-electron chi connectivity index (χ2n) is 5.44. The van der Waals surface area contributed by atoms with Gasteiger partial charge in [-0.3, -0.25) is 0 Å². The van der Waals surface area contributed by atoms with Crippen molar-refractivity contribution in [1.29, 1.82) is 0 Å². The summed E-state index contributed by atoms with van der Waals surface area (Å²) in [5.41, 5.74) is 3.86. The van der Waals surface area contributed by atoms with Gasteiger partial charge >= 0.3 is 0 Å². The van der Waals surface area contributed by atoms with Gasteiger partial charge in [-0.25, -0.2) is 0 Å². The summed E-state index contributed by atoms with van der Waals surface area (Å²) in [5, 5.41) is 3.48. The van der Waals surface area contributed by atoms with Crippen molar-refractivity contribution in [1.82, 2.24) is 0 Å². The van der Waals surface area contributed by atoms with Crippen LogP contribution >= 0.6 is 11.8 Å². The third-order valence-electron chi connectivity index (χ3n) is 3.99. The Morgan fingerprint density at radius 2 is 1.62 bits per heavy atom. The molecule has 1 heterocycles. The van der Waals surface area contributed by atoms with Gasteiger partial charge in [0, 0.05) is 35.9 Å². The smallest absolute Gasteiger partial charge is 0.0400 e. The predicted octanol–water partition coefficient (Wildman–Crippen LogP) is 4.62. The Kier molecular flexibility index (Phi) is 4.71. The molecule has 0 spiro atoms. The van der Waals surface area contributed by atoms with Crippen LogP contribution in [-0.2, 0) is 6.54 Å². The Morgan fingerprint density at radius 3 is 2.24 bits per heavy atom. The molecule has 0 saturated carbocycles. The lowest BCUT2D eigenvalue weighted by Gasteiger charge is -2.17. The van der Waals surface area contributed by atoms with Gasteiger partial charge in [-0.2, -0.15) is 0 Å². The van der Waals surface area contributed by atoms with Crippen LogP contribution in [0.3, 0.4) is 0 Å². The van der Waals surface area contributed by atoms with Crippen LogP contribution in [0.25, 0.3) is 0 Å². The molecule has 0 amide bonds. The number of thioether (sulfide) groups is 1. The van der Waals surface area contributed by atoms with Crippen molar-refractivity contribution >= 4 is 23.1 Å². The van der Waals surface area contributed by atoms with E-state index in [9.17, 15) is 0 Å². The number of benzene rings is 2. The summed E-state index contributed by atoms with van der Waals surface area (Å²) >= 11 is 1.77. The molecule has 2 aromatic carbocycles. The van der Waals surface area contributed by atoms with E-state index in [1.807, 2.05) is 0 Å². The first-order valence-electron chi connectivity index (χ1n) is 7.57. The summed E-state index contributed by atoms with van der Waals surface area (Å²) in [6, 6.07) is 17.6. The minimum Gasteiger partial charge on any atom is -0.381 e. The van der Waals surface area contributed by atoms with Crippen LogP contribution in [0, 0.1) is 0 Å². The lowest BCUT2D eigenvalue weighted by molar-refractivity contribution is 0.949. The standard InChI is InChI=1S/C18H22N2S/c1-21-18-10-6-16(7-11-18)19-14-15-4-8-17(9-5-15)20-12-2-3-13-20/h4-11,19H,2-3,12-14H2,1H3. The van der Waals surface area contributed by atoms with Crippen LogP contribution in [0.5, 0.6) is 0 Å². The highest BCUT2D eigenvalue weighted by Crippen LogP contribution is 2.21. The van der Waals surface area contributed by atoms with Crippen LogP contribution < -0.4 is 10.2 Å². The van der Waals surface area contributed by atoms with Crippen molar-refractivity contribution in [2.24, 2.45) is 0 Å². The highest BCUT2D eigenvalue weighted by molar-refractivity contribution is 7.98. The number of nitrogens with one attached hydrogen (secondary N) is 1. The average Bonchev–Trinajstić information content (AvgIpc) is 3.08. The number of anilines is 2. The molecule has 110 valence electrons. The van der Waals surface area contributed by atoms with E-state index in [1.165, 1.54) is 47.8 Å². The van der Waals surface area contributed by atoms with Crippen molar-refractivity contribution in [3.05, 3.63) is 54.1 Å². The SMILES string of the molecule is CSc1ccc(NCc2ccc(N3CCCC3)cc2)cc1. The van der Waals surface area contributed by atoms with Gasteiger partial charge in [0.15, 0.2) is 0 Å². The second kappa shape index (κ2) is 6.90. The topological polar surface area (TPSA) is 15.3 Å². The maximum atomic E-state index is 3.48. The van der Waals surface area contributed by atoms with Crippen LogP contribution in [-0.4, -0.2) is 19.3 Å². The molecule has 1 fully saturated rings. The van der Waals surface area contributed by atoms with Crippen LogP contribution in [0.2, 0.25) is 0 Å². The van der Waals surface area contributed by atoms with E-state index in [2.05, 4.69) is 65.0 Å². The Labute approximate surface area is 131 Å². The van der Waals surface area contributed by atoms with E-state index in [0.717, 1.165) is 6.54 Å². The molecule has 21 heavy (non-hydrogen) atoms. The molecule has 1 aliphatic rings. The maximum absolute atomic E-state index is 3.48. The number of hydrogen-bond acceptors (Lipinski definition) is 3. The average molecular weight is 298 g/mol. The fourth-order valence-corrected chi connectivity index (χ4v) is 3.12. The molecule has 3 heteroatoms. The fourth-order valence-electron chi connectivity index (χ4n) is 2.71. The zero-order valence-corrected chi connectivity index (χ0v) is 13.3. The van der Waals surface area contributed by atoms with Crippen LogP contribution in [0.1, 0.15) is 18.4 Å². The summed E-state index contributed by atoms with van der Waals surface area (Å²) in [4.78, 5) is 3.77.